The van der Waals surface area contributed by atoms with Crippen molar-refractivity contribution < 1.29 is 23.8 Å². The Balaban J connectivity index is 2.63. The minimum absolute atomic E-state index is 0.217. The van der Waals surface area contributed by atoms with Gasteiger partial charge < -0.3 is 14.7 Å². The number of rotatable bonds is 5. The molecule has 104 valence electrons. The zero-order chi connectivity index (χ0) is 14.6. The molecule has 1 rings (SSSR count). The van der Waals surface area contributed by atoms with Crippen LogP contribution in [0.25, 0.3) is 0 Å². The molecule has 0 saturated carbocycles. The van der Waals surface area contributed by atoms with Crippen molar-refractivity contribution >= 4 is 11.9 Å². The van der Waals surface area contributed by atoms with Crippen LogP contribution in [0.15, 0.2) is 24.3 Å². The molecule has 0 heterocycles. The number of carboxylic acids is 1. The van der Waals surface area contributed by atoms with Crippen molar-refractivity contribution in [1.29, 1.82) is 0 Å². The number of hydrogen-bond donors (Lipinski definition) is 1. The average Bonchev–Trinajstić information content (AvgIpc) is 2.34. The number of aliphatic carboxylic acids is 1. The third-order valence-corrected chi connectivity index (χ3v) is 2.89. The summed E-state index contributed by atoms with van der Waals surface area (Å²) in [6.45, 7) is 2.47. The minimum Gasteiger partial charge on any atom is -0.484 e. The zero-order valence-corrected chi connectivity index (χ0v) is 11.0. The Hall–Kier alpha value is -2.11. The first-order valence-electron chi connectivity index (χ1n) is 5.63. The van der Waals surface area contributed by atoms with Gasteiger partial charge >= 0.3 is 5.97 Å². The normalized spacial score (nSPS) is 10.9. The highest BCUT2D eigenvalue weighted by Crippen LogP contribution is 2.15. The number of nitrogens with zero attached hydrogens (tertiary/aromatic N) is 1. The summed E-state index contributed by atoms with van der Waals surface area (Å²) in [6.07, 6.45) is 0. The fourth-order valence-electron chi connectivity index (χ4n) is 1.25. The van der Waals surface area contributed by atoms with E-state index in [2.05, 4.69) is 0 Å². The maximum Gasteiger partial charge on any atom is 0.329 e. The van der Waals surface area contributed by atoms with Gasteiger partial charge in [-0.1, -0.05) is 6.07 Å². The number of carbonyl (C=O) groups excluding carboxylic acids is 1. The van der Waals surface area contributed by atoms with E-state index in [4.69, 9.17) is 9.84 Å². The van der Waals surface area contributed by atoms with Crippen molar-refractivity contribution in [3.05, 3.63) is 30.1 Å². The summed E-state index contributed by atoms with van der Waals surface area (Å²) in [5.41, 5.74) is -1.33. The van der Waals surface area contributed by atoms with Gasteiger partial charge in [0.15, 0.2) is 6.61 Å². The third kappa shape index (κ3) is 3.67. The molecule has 0 fully saturated rings. The molecule has 0 radical (unpaired) electrons. The number of halogens is 1. The first-order chi connectivity index (χ1) is 8.75. The van der Waals surface area contributed by atoms with E-state index < -0.39 is 23.2 Å². The standard InChI is InChI=1S/C13H16FNO4/c1-13(2,12(17)18)15(3)11(16)8-19-10-6-4-5-9(14)7-10/h4-7H,8H2,1-3H3,(H,17,18). The fraction of sp³-hybridized carbons (Fsp3) is 0.385. The predicted octanol–water partition coefficient (Wildman–Crippen LogP) is 1.53. The van der Waals surface area contributed by atoms with Gasteiger partial charge in [-0.05, 0) is 26.0 Å². The lowest BCUT2D eigenvalue weighted by molar-refractivity contribution is -0.156. The summed E-state index contributed by atoms with van der Waals surface area (Å²) >= 11 is 0. The van der Waals surface area contributed by atoms with Crippen molar-refractivity contribution in [3.63, 3.8) is 0 Å². The van der Waals surface area contributed by atoms with Gasteiger partial charge in [0, 0.05) is 13.1 Å². The number of carbonyl (C=O) groups is 2. The molecule has 0 spiro atoms. The van der Waals surface area contributed by atoms with Crippen molar-refractivity contribution in [2.75, 3.05) is 13.7 Å². The van der Waals surface area contributed by atoms with Gasteiger partial charge in [-0.25, -0.2) is 9.18 Å². The van der Waals surface area contributed by atoms with Crippen molar-refractivity contribution in [2.24, 2.45) is 0 Å². The van der Waals surface area contributed by atoms with E-state index in [-0.39, 0.29) is 12.4 Å². The second-order valence-corrected chi connectivity index (χ2v) is 4.56. The van der Waals surface area contributed by atoms with Gasteiger partial charge in [0.2, 0.25) is 0 Å². The van der Waals surface area contributed by atoms with Crippen LogP contribution in [-0.2, 0) is 9.59 Å². The lowest BCUT2D eigenvalue weighted by atomic mass is 10.0. The lowest BCUT2D eigenvalue weighted by Gasteiger charge is -2.31. The molecular weight excluding hydrogens is 253 g/mol. The van der Waals surface area contributed by atoms with E-state index in [1.807, 2.05) is 0 Å². The van der Waals surface area contributed by atoms with E-state index in [0.717, 1.165) is 11.0 Å². The van der Waals surface area contributed by atoms with E-state index in [1.54, 1.807) is 0 Å². The maximum absolute atomic E-state index is 12.9. The quantitative estimate of drug-likeness (QED) is 0.880. The second kappa shape index (κ2) is 5.69. The highest BCUT2D eigenvalue weighted by molar-refractivity contribution is 5.86. The largest absolute Gasteiger partial charge is 0.484 e. The summed E-state index contributed by atoms with van der Waals surface area (Å²) in [6, 6.07) is 5.38. The molecule has 0 aliphatic rings. The van der Waals surface area contributed by atoms with Crippen molar-refractivity contribution in [1.82, 2.24) is 4.90 Å². The summed E-state index contributed by atoms with van der Waals surface area (Å²) in [5, 5.41) is 9.00. The third-order valence-electron chi connectivity index (χ3n) is 2.89. The Morgan fingerprint density at radius 3 is 2.58 bits per heavy atom. The van der Waals surface area contributed by atoms with Gasteiger partial charge in [-0.2, -0.15) is 0 Å². The molecule has 0 aromatic heterocycles. The maximum atomic E-state index is 12.9. The first kappa shape index (κ1) is 14.9. The summed E-state index contributed by atoms with van der Waals surface area (Å²) in [5.74, 6) is -1.87. The molecule has 1 aromatic carbocycles. The summed E-state index contributed by atoms with van der Waals surface area (Å²) < 4.78 is 18.0. The van der Waals surface area contributed by atoms with Crippen molar-refractivity contribution in [2.45, 2.75) is 19.4 Å². The van der Waals surface area contributed by atoms with E-state index in [0.29, 0.717) is 0 Å². The van der Waals surface area contributed by atoms with Crippen LogP contribution in [0.5, 0.6) is 5.75 Å². The highest BCUT2D eigenvalue weighted by Gasteiger charge is 2.35. The van der Waals surface area contributed by atoms with E-state index in [1.165, 1.54) is 39.1 Å². The Bertz CT molecular complexity index is 487. The first-order valence-corrected chi connectivity index (χ1v) is 5.63. The second-order valence-electron chi connectivity index (χ2n) is 4.56. The van der Waals surface area contributed by atoms with Crippen LogP contribution in [0.4, 0.5) is 4.39 Å². The molecule has 5 nitrogen and oxygen atoms in total. The smallest absolute Gasteiger partial charge is 0.329 e. The molecule has 1 N–H and O–H groups in total. The number of amides is 1. The number of hydrogen-bond acceptors (Lipinski definition) is 3. The SMILES string of the molecule is CN(C(=O)COc1cccc(F)c1)C(C)(C)C(=O)O. The van der Waals surface area contributed by atoms with Gasteiger partial charge in [0.25, 0.3) is 5.91 Å². The number of ether oxygens (including phenoxy) is 1. The molecule has 0 atom stereocenters. The Morgan fingerprint density at radius 1 is 1.42 bits per heavy atom. The van der Waals surface area contributed by atoms with Gasteiger partial charge in [0.1, 0.15) is 17.1 Å². The van der Waals surface area contributed by atoms with Gasteiger partial charge in [0.05, 0.1) is 0 Å². The monoisotopic (exact) mass is 269 g/mol. The van der Waals surface area contributed by atoms with Crippen LogP contribution < -0.4 is 4.74 Å². The fourth-order valence-corrected chi connectivity index (χ4v) is 1.25. The summed E-state index contributed by atoms with van der Waals surface area (Å²) in [4.78, 5) is 23.9. The van der Waals surface area contributed by atoms with E-state index in [9.17, 15) is 14.0 Å². The number of carboxylic acid groups (broad SMARTS) is 1. The molecule has 1 amide bonds. The van der Waals surface area contributed by atoms with Gasteiger partial charge in [-0.3, -0.25) is 4.79 Å². The molecular formula is C13H16FNO4. The zero-order valence-electron chi connectivity index (χ0n) is 11.0. The topological polar surface area (TPSA) is 66.8 Å². The average molecular weight is 269 g/mol. The van der Waals surface area contributed by atoms with Gasteiger partial charge in [-0.15, -0.1) is 0 Å². The van der Waals surface area contributed by atoms with Crippen LogP contribution in [0, 0.1) is 5.82 Å². The molecule has 0 aliphatic heterocycles. The van der Waals surface area contributed by atoms with Crippen LogP contribution in [0.3, 0.4) is 0 Å². The molecule has 19 heavy (non-hydrogen) atoms. The summed E-state index contributed by atoms with van der Waals surface area (Å²) in [7, 11) is 1.38. The van der Waals surface area contributed by atoms with Crippen LogP contribution in [-0.4, -0.2) is 41.1 Å². The molecule has 0 aliphatic carbocycles. The molecule has 1 aromatic rings. The molecule has 0 unspecified atom stereocenters. The number of likely N-dealkylation sites (N-methyl/N-ethyl adjacent to an activating group) is 1. The highest BCUT2D eigenvalue weighted by atomic mass is 19.1. The Kier molecular flexibility index (Phi) is 4.47. The van der Waals surface area contributed by atoms with Crippen molar-refractivity contribution in [3.8, 4) is 5.75 Å². The molecule has 0 saturated heterocycles. The van der Waals surface area contributed by atoms with Crippen LogP contribution in [0.1, 0.15) is 13.8 Å². The lowest BCUT2D eigenvalue weighted by Crippen LogP contribution is -2.52. The Labute approximate surface area is 110 Å². The van der Waals surface area contributed by atoms with E-state index >= 15 is 0 Å². The molecule has 6 heteroatoms. The van der Waals surface area contributed by atoms with Crippen LogP contribution in [0.2, 0.25) is 0 Å². The predicted molar refractivity (Wildman–Crippen MR) is 66.4 cm³/mol. The van der Waals surface area contributed by atoms with Crippen LogP contribution >= 0.6 is 0 Å². The Morgan fingerprint density at radius 2 is 2.05 bits per heavy atom. The molecule has 0 bridgehead atoms. The number of benzene rings is 1. The minimum atomic E-state index is -1.33.